The summed E-state index contributed by atoms with van der Waals surface area (Å²) in [4.78, 5) is 34.8. The van der Waals surface area contributed by atoms with E-state index in [1.165, 1.54) is 24.3 Å². The number of hydrogen-bond donors (Lipinski definition) is 6. The molecule has 0 saturated carbocycles. The summed E-state index contributed by atoms with van der Waals surface area (Å²) in [5, 5.41) is 39.1. The van der Waals surface area contributed by atoms with Gasteiger partial charge in [-0.1, -0.05) is 60.7 Å². The standard InChI is InChI=1S/C35H30N8O7/c36-33-25-7-3-1-5-21(25)9-13-29(33)40-19-38-27-15-11-23(42(45)46)17-31(27)49-35(44)50-32-18-24(43(47)48)12-16-28(32)39-20-41-30-14-10-22-6-2-4-8-26(22)34(30)37/h1-18,38-41H,19-20,36-37H2. The highest BCUT2D eigenvalue weighted by Gasteiger charge is 2.20. The zero-order valence-electron chi connectivity index (χ0n) is 26.2. The molecule has 15 heteroatoms. The van der Waals surface area contributed by atoms with Crippen LogP contribution in [-0.2, 0) is 0 Å². The molecule has 0 aliphatic carbocycles. The van der Waals surface area contributed by atoms with Crippen molar-refractivity contribution < 1.29 is 24.1 Å². The number of nitrogens with two attached hydrogens (primary N) is 2. The molecule has 0 radical (unpaired) electrons. The lowest BCUT2D eigenvalue weighted by atomic mass is 10.1. The van der Waals surface area contributed by atoms with Crippen molar-refractivity contribution in [3.05, 3.63) is 129 Å². The van der Waals surface area contributed by atoms with E-state index >= 15 is 0 Å². The molecule has 6 aromatic carbocycles. The van der Waals surface area contributed by atoms with E-state index in [2.05, 4.69) is 21.3 Å². The van der Waals surface area contributed by atoms with Crippen molar-refractivity contribution >= 4 is 73.2 Å². The van der Waals surface area contributed by atoms with Crippen LogP contribution in [0.15, 0.2) is 109 Å². The molecule has 0 saturated heterocycles. The van der Waals surface area contributed by atoms with Crippen molar-refractivity contribution in [1.29, 1.82) is 0 Å². The Morgan fingerprint density at radius 2 is 0.940 bits per heavy atom. The molecule has 0 amide bonds. The molecule has 0 fully saturated rings. The number of benzene rings is 6. The Bertz CT molecular complexity index is 2110. The van der Waals surface area contributed by atoms with Crippen LogP contribution in [0.1, 0.15) is 0 Å². The fourth-order valence-electron chi connectivity index (χ4n) is 5.28. The molecule has 0 atom stereocenters. The number of nitrogens with one attached hydrogen (secondary N) is 4. The monoisotopic (exact) mass is 674 g/mol. The topological polar surface area (TPSA) is 222 Å². The Balaban J connectivity index is 1.16. The SMILES string of the molecule is Nc1c(NCNc2ccc([N+](=O)[O-])cc2OC(=O)Oc2cc([N+](=O)[O-])ccc2NCNc2ccc3ccccc3c2N)ccc2ccccc12. The van der Waals surface area contributed by atoms with Crippen molar-refractivity contribution in [1.82, 2.24) is 0 Å². The van der Waals surface area contributed by atoms with Crippen LogP contribution in [0.25, 0.3) is 21.5 Å². The smallest absolute Gasteiger partial charge is 0.397 e. The Kier molecular flexibility index (Phi) is 9.29. The van der Waals surface area contributed by atoms with E-state index in [-0.39, 0.29) is 47.6 Å². The number of carbonyl (C=O) groups excluding carboxylic acids is 1. The number of nitro benzene ring substituents is 2. The molecule has 15 nitrogen and oxygen atoms in total. The molecule has 6 rings (SSSR count). The number of ether oxygens (including phenoxy) is 2. The summed E-state index contributed by atoms with van der Waals surface area (Å²) < 4.78 is 10.8. The predicted molar refractivity (Wildman–Crippen MR) is 194 cm³/mol. The molecule has 0 aliphatic heterocycles. The van der Waals surface area contributed by atoms with Gasteiger partial charge < -0.3 is 42.2 Å². The molecule has 252 valence electrons. The fourth-order valence-corrected chi connectivity index (χ4v) is 5.28. The van der Waals surface area contributed by atoms with Crippen LogP contribution in [-0.4, -0.2) is 29.3 Å². The molecule has 0 bridgehead atoms. The Morgan fingerprint density at radius 1 is 0.560 bits per heavy atom. The molecule has 0 aliphatic rings. The van der Waals surface area contributed by atoms with Crippen molar-refractivity contribution in [3.63, 3.8) is 0 Å². The van der Waals surface area contributed by atoms with Gasteiger partial charge in [0.25, 0.3) is 11.4 Å². The fraction of sp³-hybridized carbons (Fsp3) is 0.0571. The molecule has 0 unspecified atom stereocenters. The Morgan fingerprint density at radius 3 is 1.36 bits per heavy atom. The minimum Gasteiger partial charge on any atom is -0.397 e. The molecule has 0 spiro atoms. The van der Waals surface area contributed by atoms with Gasteiger partial charge in [0.05, 0.1) is 69.4 Å². The molecule has 6 aromatic rings. The lowest BCUT2D eigenvalue weighted by Crippen LogP contribution is -2.19. The van der Waals surface area contributed by atoms with E-state index < -0.39 is 16.0 Å². The van der Waals surface area contributed by atoms with Crippen molar-refractivity contribution in [2.45, 2.75) is 0 Å². The maximum atomic E-state index is 13.1. The molecule has 0 aromatic heterocycles. The summed E-state index contributed by atoms with van der Waals surface area (Å²) >= 11 is 0. The number of nitrogens with zero attached hydrogens (tertiary/aromatic N) is 2. The van der Waals surface area contributed by atoms with Crippen molar-refractivity contribution in [3.8, 4) is 11.5 Å². The number of carbonyl (C=O) groups is 1. The Labute approximate surface area is 284 Å². The number of anilines is 6. The molecule has 8 N–H and O–H groups in total. The maximum Gasteiger partial charge on any atom is 0.519 e. The highest BCUT2D eigenvalue weighted by molar-refractivity contribution is 5.99. The van der Waals surface area contributed by atoms with Gasteiger partial charge in [-0.25, -0.2) is 4.79 Å². The largest absolute Gasteiger partial charge is 0.519 e. The van der Waals surface area contributed by atoms with Gasteiger partial charge in [0.2, 0.25) is 0 Å². The summed E-state index contributed by atoms with van der Waals surface area (Å²) in [7, 11) is 0. The van der Waals surface area contributed by atoms with Gasteiger partial charge in [0.1, 0.15) is 0 Å². The average molecular weight is 675 g/mol. The number of hydrogen-bond acceptors (Lipinski definition) is 13. The van der Waals surface area contributed by atoms with Gasteiger partial charge in [-0.3, -0.25) is 20.2 Å². The first kappa shape index (κ1) is 32.6. The zero-order chi connectivity index (χ0) is 35.2. The number of rotatable bonds is 12. The highest BCUT2D eigenvalue weighted by atomic mass is 16.7. The van der Waals surface area contributed by atoms with Gasteiger partial charge in [0.15, 0.2) is 11.5 Å². The molecular formula is C35H30N8O7. The molecule has 50 heavy (non-hydrogen) atoms. The van der Waals surface area contributed by atoms with Crippen LogP contribution in [0.3, 0.4) is 0 Å². The van der Waals surface area contributed by atoms with E-state index in [1.807, 2.05) is 72.8 Å². The van der Waals surface area contributed by atoms with Crippen LogP contribution in [0.4, 0.5) is 50.3 Å². The highest BCUT2D eigenvalue weighted by Crippen LogP contribution is 2.34. The number of nitro groups is 2. The molecular weight excluding hydrogens is 644 g/mol. The van der Waals surface area contributed by atoms with Gasteiger partial charge >= 0.3 is 6.16 Å². The van der Waals surface area contributed by atoms with Gasteiger partial charge in [-0.05, 0) is 35.0 Å². The third-order valence-corrected chi connectivity index (χ3v) is 7.80. The van der Waals surface area contributed by atoms with Crippen LogP contribution in [0.2, 0.25) is 0 Å². The first-order valence-electron chi connectivity index (χ1n) is 15.1. The number of fused-ring (bicyclic) bond motifs is 2. The van der Waals surface area contributed by atoms with Crippen LogP contribution >= 0.6 is 0 Å². The lowest BCUT2D eigenvalue weighted by molar-refractivity contribution is -0.385. The van der Waals surface area contributed by atoms with E-state index in [4.69, 9.17) is 20.9 Å². The average Bonchev–Trinajstić information content (AvgIpc) is 3.11. The van der Waals surface area contributed by atoms with Crippen molar-refractivity contribution in [2.24, 2.45) is 0 Å². The second-order valence-electron chi connectivity index (χ2n) is 10.9. The first-order chi connectivity index (χ1) is 24.2. The summed E-state index contributed by atoms with van der Waals surface area (Å²) in [6.07, 6.45) is -1.30. The van der Waals surface area contributed by atoms with Gasteiger partial charge in [0, 0.05) is 22.9 Å². The number of nitrogen functional groups attached to an aromatic ring is 2. The van der Waals surface area contributed by atoms with E-state index in [1.54, 1.807) is 0 Å². The van der Waals surface area contributed by atoms with E-state index in [0.29, 0.717) is 22.7 Å². The predicted octanol–water partition coefficient (Wildman–Crippen LogP) is 7.51. The quantitative estimate of drug-likeness (QED) is 0.0185. The maximum absolute atomic E-state index is 13.1. The second kappa shape index (κ2) is 14.2. The number of non-ortho nitro benzene ring substituents is 2. The van der Waals surface area contributed by atoms with Crippen molar-refractivity contribution in [2.75, 3.05) is 46.1 Å². The van der Waals surface area contributed by atoms with Crippen LogP contribution in [0, 0.1) is 20.2 Å². The third kappa shape index (κ3) is 7.16. The van der Waals surface area contributed by atoms with E-state index in [0.717, 1.165) is 33.7 Å². The molecule has 0 heterocycles. The first-order valence-corrected chi connectivity index (χ1v) is 15.1. The van der Waals surface area contributed by atoms with Gasteiger partial charge in [-0.15, -0.1) is 0 Å². The summed E-state index contributed by atoms with van der Waals surface area (Å²) in [5.41, 5.74) is 14.8. The normalized spacial score (nSPS) is 10.7. The minimum atomic E-state index is -1.30. The minimum absolute atomic E-state index is 0.0967. The summed E-state index contributed by atoms with van der Waals surface area (Å²) in [6.45, 7) is 0.193. The van der Waals surface area contributed by atoms with E-state index in [9.17, 15) is 25.0 Å². The summed E-state index contributed by atoms with van der Waals surface area (Å²) in [5.74, 6) is -0.434. The zero-order valence-corrected chi connectivity index (χ0v) is 26.2. The third-order valence-electron chi connectivity index (χ3n) is 7.80. The summed E-state index contributed by atoms with van der Waals surface area (Å²) in [6, 6.07) is 30.1. The Hall–Kier alpha value is -7.29. The lowest BCUT2D eigenvalue weighted by Gasteiger charge is -2.16. The van der Waals surface area contributed by atoms with Gasteiger partial charge in [-0.2, -0.15) is 0 Å². The second-order valence-corrected chi connectivity index (χ2v) is 10.9. The van der Waals surface area contributed by atoms with Crippen LogP contribution < -0.4 is 42.2 Å². The van der Waals surface area contributed by atoms with Crippen LogP contribution in [0.5, 0.6) is 11.5 Å².